The molecule has 4 heteroatoms. The van der Waals surface area contributed by atoms with Gasteiger partial charge in [-0.1, -0.05) is 48.5 Å². The van der Waals surface area contributed by atoms with Gasteiger partial charge in [0.1, 0.15) is 5.60 Å². The van der Waals surface area contributed by atoms with Gasteiger partial charge in [0.2, 0.25) is 0 Å². The molecule has 3 aromatic rings. The summed E-state index contributed by atoms with van der Waals surface area (Å²) in [6.45, 7) is 5.69. The number of benzene rings is 3. The van der Waals surface area contributed by atoms with Crippen LogP contribution in [0.3, 0.4) is 0 Å². The second-order valence-electron chi connectivity index (χ2n) is 10.00. The number of hydrogen-bond donors (Lipinski definition) is 0. The standard InChI is InChI=1S/C27H29NO3/c1-27(2,3)31-26(30)28-20-12-13-21(28)16-19(15-20)25(29)24-22-10-6-4-8-17(22)14-18-9-5-7-11-23(18)24/h4-11,14,19-21H,12-13,15-16H2,1-3H3. The molecular weight excluding hydrogens is 386 g/mol. The van der Waals surface area contributed by atoms with Gasteiger partial charge in [0.25, 0.3) is 0 Å². The summed E-state index contributed by atoms with van der Waals surface area (Å²) >= 11 is 0. The molecule has 2 aliphatic heterocycles. The zero-order chi connectivity index (χ0) is 21.8. The maximum absolute atomic E-state index is 13.9. The monoisotopic (exact) mass is 415 g/mol. The molecule has 160 valence electrons. The minimum atomic E-state index is -0.509. The van der Waals surface area contributed by atoms with Gasteiger partial charge in [-0.25, -0.2) is 4.79 Å². The fourth-order valence-electron chi connectivity index (χ4n) is 5.49. The predicted octanol–water partition coefficient (Wildman–Crippen LogP) is 6.35. The van der Waals surface area contributed by atoms with Crippen molar-refractivity contribution in [3.05, 3.63) is 60.2 Å². The van der Waals surface area contributed by atoms with E-state index in [-0.39, 0.29) is 29.9 Å². The summed E-state index contributed by atoms with van der Waals surface area (Å²) in [7, 11) is 0. The van der Waals surface area contributed by atoms with Crippen LogP contribution >= 0.6 is 0 Å². The molecule has 2 heterocycles. The Balaban J connectivity index is 1.49. The number of ketones is 1. The molecule has 0 radical (unpaired) electrons. The van der Waals surface area contributed by atoms with Gasteiger partial charge in [-0.15, -0.1) is 0 Å². The normalized spacial score (nSPS) is 23.3. The Hall–Kier alpha value is -2.88. The third-order valence-electron chi connectivity index (χ3n) is 6.73. The molecule has 2 unspecified atom stereocenters. The number of piperidine rings is 1. The number of carbonyl (C=O) groups is 2. The Morgan fingerprint density at radius 1 is 0.871 bits per heavy atom. The van der Waals surface area contributed by atoms with Crippen LogP contribution in [0, 0.1) is 5.92 Å². The lowest BCUT2D eigenvalue weighted by molar-refractivity contribution is 0.00256. The first-order valence-corrected chi connectivity index (χ1v) is 11.3. The molecule has 0 aromatic heterocycles. The minimum absolute atomic E-state index is 0.0644. The molecule has 3 aromatic carbocycles. The van der Waals surface area contributed by atoms with Gasteiger partial charge in [0.15, 0.2) is 5.78 Å². The van der Waals surface area contributed by atoms with E-state index in [9.17, 15) is 9.59 Å². The van der Waals surface area contributed by atoms with Crippen LogP contribution in [-0.4, -0.2) is 34.5 Å². The summed E-state index contributed by atoms with van der Waals surface area (Å²) in [5.41, 5.74) is 0.328. The first-order chi connectivity index (χ1) is 14.8. The number of ether oxygens (including phenoxy) is 1. The van der Waals surface area contributed by atoms with Crippen LogP contribution in [-0.2, 0) is 4.74 Å². The maximum Gasteiger partial charge on any atom is 0.410 e. The van der Waals surface area contributed by atoms with E-state index in [2.05, 4.69) is 30.3 Å². The van der Waals surface area contributed by atoms with Crippen LogP contribution in [0.4, 0.5) is 4.79 Å². The van der Waals surface area contributed by atoms with Crippen molar-refractivity contribution in [2.24, 2.45) is 5.92 Å². The highest BCUT2D eigenvalue weighted by molar-refractivity contribution is 6.19. The second kappa shape index (κ2) is 7.37. The van der Waals surface area contributed by atoms with E-state index in [1.165, 1.54) is 0 Å². The van der Waals surface area contributed by atoms with Crippen molar-refractivity contribution >= 4 is 33.4 Å². The minimum Gasteiger partial charge on any atom is -0.444 e. The molecule has 2 atom stereocenters. The van der Waals surface area contributed by atoms with Gasteiger partial charge in [-0.3, -0.25) is 4.79 Å². The van der Waals surface area contributed by atoms with Crippen molar-refractivity contribution in [1.29, 1.82) is 0 Å². The molecule has 2 aliphatic rings. The number of Topliss-reactive ketones (excluding diaryl/α,β-unsaturated/α-hetero) is 1. The topological polar surface area (TPSA) is 46.6 Å². The maximum atomic E-state index is 13.9. The molecule has 0 saturated carbocycles. The van der Waals surface area contributed by atoms with E-state index in [0.717, 1.165) is 39.9 Å². The number of hydrogen-bond acceptors (Lipinski definition) is 3. The van der Waals surface area contributed by atoms with Crippen molar-refractivity contribution in [2.45, 2.75) is 64.1 Å². The summed E-state index contributed by atoms with van der Waals surface area (Å²) in [4.78, 5) is 28.6. The lowest BCUT2D eigenvalue weighted by atomic mass is 9.82. The molecule has 0 spiro atoms. The highest BCUT2D eigenvalue weighted by atomic mass is 16.6. The predicted molar refractivity (Wildman–Crippen MR) is 123 cm³/mol. The molecule has 1 amide bonds. The molecule has 4 nitrogen and oxygen atoms in total. The van der Waals surface area contributed by atoms with E-state index in [4.69, 9.17) is 4.74 Å². The van der Waals surface area contributed by atoms with E-state index in [1.807, 2.05) is 49.9 Å². The Morgan fingerprint density at radius 2 is 1.39 bits per heavy atom. The highest BCUT2D eigenvalue weighted by Gasteiger charge is 2.46. The van der Waals surface area contributed by atoms with E-state index in [0.29, 0.717) is 12.8 Å². The van der Waals surface area contributed by atoms with Gasteiger partial charge in [0.05, 0.1) is 0 Å². The number of fused-ring (bicyclic) bond motifs is 4. The first-order valence-electron chi connectivity index (χ1n) is 11.3. The largest absolute Gasteiger partial charge is 0.444 e. The van der Waals surface area contributed by atoms with Crippen LogP contribution < -0.4 is 0 Å². The van der Waals surface area contributed by atoms with E-state index in [1.54, 1.807) is 0 Å². The molecule has 0 N–H and O–H groups in total. The first kappa shape index (κ1) is 20.0. The molecule has 5 rings (SSSR count). The van der Waals surface area contributed by atoms with Gasteiger partial charge < -0.3 is 9.64 Å². The summed E-state index contributed by atoms with van der Waals surface area (Å²) in [5.74, 6) is 0.152. The average Bonchev–Trinajstić information content (AvgIpc) is 3.00. The molecule has 31 heavy (non-hydrogen) atoms. The van der Waals surface area contributed by atoms with Crippen molar-refractivity contribution in [3.63, 3.8) is 0 Å². The van der Waals surface area contributed by atoms with Crippen LogP contribution in [0.15, 0.2) is 54.6 Å². The van der Waals surface area contributed by atoms with Gasteiger partial charge >= 0.3 is 6.09 Å². The van der Waals surface area contributed by atoms with Crippen molar-refractivity contribution in [3.8, 4) is 0 Å². The third kappa shape index (κ3) is 3.58. The summed E-state index contributed by atoms with van der Waals surface area (Å²) in [6.07, 6.45) is 3.09. The summed E-state index contributed by atoms with van der Waals surface area (Å²) in [5, 5.41) is 4.23. The fourth-order valence-corrected chi connectivity index (χ4v) is 5.49. The number of carbonyl (C=O) groups excluding carboxylic acids is 2. The van der Waals surface area contributed by atoms with Crippen LogP contribution in [0.5, 0.6) is 0 Å². The molecule has 0 aliphatic carbocycles. The van der Waals surface area contributed by atoms with Gasteiger partial charge in [-0.05, 0) is 74.1 Å². The van der Waals surface area contributed by atoms with E-state index < -0.39 is 5.60 Å². The smallest absolute Gasteiger partial charge is 0.410 e. The molecular formula is C27H29NO3. The lowest BCUT2D eigenvalue weighted by Gasteiger charge is -2.39. The van der Waals surface area contributed by atoms with Crippen molar-refractivity contribution in [2.75, 3.05) is 0 Å². The van der Waals surface area contributed by atoms with Crippen LogP contribution in [0.25, 0.3) is 21.5 Å². The van der Waals surface area contributed by atoms with Crippen LogP contribution in [0.2, 0.25) is 0 Å². The number of nitrogens with zero attached hydrogens (tertiary/aromatic N) is 1. The zero-order valence-electron chi connectivity index (χ0n) is 18.4. The van der Waals surface area contributed by atoms with Gasteiger partial charge in [-0.2, -0.15) is 0 Å². The Morgan fingerprint density at radius 3 is 1.90 bits per heavy atom. The zero-order valence-corrected chi connectivity index (χ0v) is 18.4. The van der Waals surface area contributed by atoms with Crippen molar-refractivity contribution < 1.29 is 14.3 Å². The molecule has 2 bridgehead atoms. The molecule has 2 fully saturated rings. The van der Waals surface area contributed by atoms with Gasteiger partial charge in [0, 0.05) is 23.6 Å². The Labute approximate surface area is 183 Å². The second-order valence-corrected chi connectivity index (χ2v) is 10.00. The summed E-state index contributed by atoms with van der Waals surface area (Å²) in [6, 6.07) is 18.6. The SMILES string of the molecule is CC(C)(C)OC(=O)N1C2CCC1CC(C(=O)c1c3ccccc3cc3ccccc13)C2. The molecule has 2 saturated heterocycles. The fraction of sp³-hybridized carbons (Fsp3) is 0.407. The number of rotatable bonds is 2. The number of amides is 1. The highest BCUT2D eigenvalue weighted by Crippen LogP contribution is 2.42. The van der Waals surface area contributed by atoms with Crippen molar-refractivity contribution in [1.82, 2.24) is 4.90 Å². The Kier molecular flexibility index (Phi) is 4.76. The van der Waals surface area contributed by atoms with E-state index >= 15 is 0 Å². The van der Waals surface area contributed by atoms with Crippen LogP contribution in [0.1, 0.15) is 56.8 Å². The quantitative estimate of drug-likeness (QED) is 0.362. The lowest BCUT2D eigenvalue weighted by Crippen LogP contribution is -2.49. The Bertz CT molecular complexity index is 1110. The third-order valence-corrected chi connectivity index (χ3v) is 6.73. The average molecular weight is 416 g/mol. The summed E-state index contributed by atoms with van der Waals surface area (Å²) < 4.78 is 5.66.